The molecule has 1 saturated heterocycles. The monoisotopic (exact) mass is 419 g/mol. The Hall–Kier alpha value is -3.23. The average Bonchev–Trinajstić information content (AvgIpc) is 3.24. The lowest BCUT2D eigenvalue weighted by atomic mass is 9.97. The van der Waals surface area contributed by atoms with E-state index in [0.29, 0.717) is 36.8 Å². The Labute approximate surface area is 169 Å². The van der Waals surface area contributed by atoms with Crippen molar-refractivity contribution < 1.29 is 26.9 Å². The SMILES string of the molecule is O=C(c1ccc(C(F)(F)F)cc1)N1CCC[C@H](c2nc(-c3ccc(F)cc3)no2)C1. The molecule has 1 fully saturated rings. The molecule has 1 aliphatic rings. The van der Waals surface area contributed by atoms with Gasteiger partial charge in [-0.25, -0.2) is 4.39 Å². The molecule has 9 heteroatoms. The van der Waals surface area contributed by atoms with Gasteiger partial charge in [0.25, 0.3) is 5.91 Å². The van der Waals surface area contributed by atoms with E-state index in [1.54, 1.807) is 17.0 Å². The summed E-state index contributed by atoms with van der Waals surface area (Å²) in [4.78, 5) is 18.7. The Kier molecular flexibility index (Phi) is 5.27. The number of nitrogens with zero attached hydrogens (tertiary/aromatic N) is 3. The molecule has 2 heterocycles. The van der Waals surface area contributed by atoms with Gasteiger partial charge < -0.3 is 9.42 Å². The molecule has 1 aliphatic heterocycles. The molecule has 0 spiro atoms. The summed E-state index contributed by atoms with van der Waals surface area (Å²) in [7, 11) is 0. The van der Waals surface area contributed by atoms with Crippen molar-refractivity contribution in [3.05, 3.63) is 71.4 Å². The number of rotatable bonds is 3. The van der Waals surface area contributed by atoms with Crippen molar-refractivity contribution in [2.24, 2.45) is 0 Å². The number of benzene rings is 2. The van der Waals surface area contributed by atoms with Crippen molar-refractivity contribution in [2.45, 2.75) is 24.9 Å². The molecular weight excluding hydrogens is 402 g/mol. The fourth-order valence-electron chi connectivity index (χ4n) is 3.46. The molecule has 5 nitrogen and oxygen atoms in total. The Morgan fingerprint density at radius 1 is 1.07 bits per heavy atom. The van der Waals surface area contributed by atoms with Gasteiger partial charge in [-0.1, -0.05) is 5.16 Å². The van der Waals surface area contributed by atoms with Crippen molar-refractivity contribution in [2.75, 3.05) is 13.1 Å². The first-order valence-electron chi connectivity index (χ1n) is 9.37. The van der Waals surface area contributed by atoms with Crippen molar-refractivity contribution in [3.63, 3.8) is 0 Å². The lowest BCUT2D eigenvalue weighted by Crippen LogP contribution is -2.39. The summed E-state index contributed by atoms with van der Waals surface area (Å²) in [6, 6.07) is 9.88. The van der Waals surface area contributed by atoms with Gasteiger partial charge in [0, 0.05) is 24.2 Å². The number of carbonyl (C=O) groups is 1. The Morgan fingerprint density at radius 2 is 1.77 bits per heavy atom. The number of aromatic nitrogens is 2. The first kappa shape index (κ1) is 20.1. The second-order valence-corrected chi connectivity index (χ2v) is 7.13. The third-order valence-electron chi connectivity index (χ3n) is 5.06. The molecule has 1 aromatic heterocycles. The largest absolute Gasteiger partial charge is 0.416 e. The van der Waals surface area contributed by atoms with E-state index >= 15 is 0 Å². The molecule has 0 bridgehead atoms. The van der Waals surface area contributed by atoms with E-state index in [9.17, 15) is 22.4 Å². The van der Waals surface area contributed by atoms with Gasteiger partial charge in [-0.05, 0) is 61.4 Å². The van der Waals surface area contributed by atoms with Crippen LogP contribution >= 0.6 is 0 Å². The van der Waals surface area contributed by atoms with Gasteiger partial charge in [0.1, 0.15) is 5.82 Å². The van der Waals surface area contributed by atoms with Gasteiger partial charge in [-0.2, -0.15) is 18.2 Å². The first-order valence-corrected chi connectivity index (χ1v) is 9.37. The van der Waals surface area contributed by atoms with E-state index in [2.05, 4.69) is 10.1 Å². The Balaban J connectivity index is 1.47. The predicted octanol–water partition coefficient (Wildman–Crippen LogP) is 4.91. The van der Waals surface area contributed by atoms with Crippen LogP contribution in [-0.2, 0) is 6.18 Å². The highest BCUT2D eigenvalue weighted by Crippen LogP contribution is 2.31. The number of hydrogen-bond acceptors (Lipinski definition) is 4. The molecule has 0 unspecified atom stereocenters. The van der Waals surface area contributed by atoms with Crippen LogP contribution in [0, 0.1) is 5.82 Å². The number of piperidine rings is 1. The zero-order valence-electron chi connectivity index (χ0n) is 15.7. The number of halogens is 4. The van der Waals surface area contributed by atoms with E-state index < -0.39 is 11.7 Å². The Morgan fingerprint density at radius 3 is 2.43 bits per heavy atom. The molecule has 0 N–H and O–H groups in total. The maximum Gasteiger partial charge on any atom is 0.416 e. The van der Waals surface area contributed by atoms with Crippen LogP contribution in [0.15, 0.2) is 53.1 Å². The summed E-state index contributed by atoms with van der Waals surface area (Å²) in [5.41, 5.74) is 0.0100. The smallest absolute Gasteiger partial charge is 0.339 e. The molecule has 156 valence electrons. The Bertz CT molecular complexity index is 1030. The molecule has 3 aromatic rings. The average molecular weight is 419 g/mol. The topological polar surface area (TPSA) is 59.2 Å². The van der Waals surface area contributed by atoms with E-state index in [-0.39, 0.29) is 23.2 Å². The minimum Gasteiger partial charge on any atom is -0.339 e. The van der Waals surface area contributed by atoms with Gasteiger partial charge in [0.05, 0.1) is 11.5 Å². The van der Waals surface area contributed by atoms with Crippen molar-refractivity contribution in [1.29, 1.82) is 0 Å². The summed E-state index contributed by atoms with van der Waals surface area (Å²) in [6.45, 7) is 0.820. The van der Waals surface area contributed by atoms with E-state index in [4.69, 9.17) is 4.52 Å². The highest BCUT2D eigenvalue weighted by Gasteiger charge is 2.32. The molecule has 0 saturated carbocycles. The number of amides is 1. The maximum absolute atomic E-state index is 13.1. The number of alkyl halides is 3. The number of likely N-dealkylation sites (tertiary alicyclic amines) is 1. The third kappa shape index (κ3) is 4.19. The minimum absolute atomic E-state index is 0.182. The van der Waals surface area contributed by atoms with Crippen molar-refractivity contribution >= 4 is 5.91 Å². The van der Waals surface area contributed by atoms with Gasteiger partial charge in [0.15, 0.2) is 0 Å². The molecule has 1 atom stereocenters. The number of hydrogen-bond donors (Lipinski definition) is 0. The van der Waals surface area contributed by atoms with Gasteiger partial charge in [0.2, 0.25) is 11.7 Å². The maximum atomic E-state index is 13.1. The van der Waals surface area contributed by atoms with Gasteiger partial charge in [-0.15, -0.1) is 0 Å². The van der Waals surface area contributed by atoms with Gasteiger partial charge in [-0.3, -0.25) is 4.79 Å². The van der Waals surface area contributed by atoms with Crippen LogP contribution in [0.1, 0.15) is 40.6 Å². The molecular formula is C21H17F4N3O2. The van der Waals surface area contributed by atoms with Crippen molar-refractivity contribution in [3.8, 4) is 11.4 Å². The van der Waals surface area contributed by atoms with Crippen LogP contribution in [-0.4, -0.2) is 34.0 Å². The normalized spacial score (nSPS) is 17.2. The predicted molar refractivity (Wildman–Crippen MR) is 99.0 cm³/mol. The quantitative estimate of drug-likeness (QED) is 0.566. The fraction of sp³-hybridized carbons (Fsp3) is 0.286. The zero-order chi connectivity index (χ0) is 21.3. The molecule has 4 rings (SSSR count). The van der Waals surface area contributed by atoms with E-state index in [1.807, 2.05) is 0 Å². The fourth-order valence-corrected chi connectivity index (χ4v) is 3.46. The molecule has 0 radical (unpaired) electrons. The van der Waals surface area contributed by atoms with E-state index in [1.165, 1.54) is 24.3 Å². The van der Waals surface area contributed by atoms with E-state index in [0.717, 1.165) is 18.6 Å². The summed E-state index contributed by atoms with van der Waals surface area (Å²) in [5.74, 6) is -0.187. The van der Waals surface area contributed by atoms with Crippen LogP contribution in [0.25, 0.3) is 11.4 Å². The van der Waals surface area contributed by atoms with Gasteiger partial charge >= 0.3 is 6.18 Å². The number of carbonyl (C=O) groups excluding carboxylic acids is 1. The summed E-state index contributed by atoms with van der Waals surface area (Å²) in [5, 5.41) is 3.93. The molecule has 2 aromatic carbocycles. The lowest BCUT2D eigenvalue weighted by Gasteiger charge is -2.31. The minimum atomic E-state index is -4.45. The highest BCUT2D eigenvalue weighted by atomic mass is 19.4. The second-order valence-electron chi connectivity index (χ2n) is 7.13. The van der Waals surface area contributed by atoms with Crippen molar-refractivity contribution in [1.82, 2.24) is 15.0 Å². The van der Waals surface area contributed by atoms with Crippen LogP contribution < -0.4 is 0 Å². The van der Waals surface area contributed by atoms with Crippen LogP contribution in [0.3, 0.4) is 0 Å². The van der Waals surface area contributed by atoms with Crippen LogP contribution in [0.4, 0.5) is 17.6 Å². The first-order chi connectivity index (χ1) is 14.3. The third-order valence-corrected chi connectivity index (χ3v) is 5.06. The summed E-state index contributed by atoms with van der Waals surface area (Å²) >= 11 is 0. The zero-order valence-corrected chi connectivity index (χ0v) is 15.7. The summed E-state index contributed by atoms with van der Waals surface area (Å²) < 4.78 is 56.6. The molecule has 0 aliphatic carbocycles. The second kappa shape index (κ2) is 7.89. The standard InChI is InChI=1S/C21H17F4N3O2/c22-17-9-5-13(6-10-17)18-26-19(30-27-18)15-2-1-11-28(12-15)20(29)14-3-7-16(8-4-14)21(23,24)25/h3-10,15H,1-2,11-12H2/t15-/m0/s1. The lowest BCUT2D eigenvalue weighted by molar-refractivity contribution is -0.137. The van der Waals surface area contributed by atoms with Crippen LogP contribution in [0.2, 0.25) is 0 Å². The highest BCUT2D eigenvalue weighted by molar-refractivity contribution is 5.94. The molecule has 1 amide bonds. The van der Waals surface area contributed by atoms with Crippen LogP contribution in [0.5, 0.6) is 0 Å². The summed E-state index contributed by atoms with van der Waals surface area (Å²) in [6.07, 6.45) is -3.01. The molecule has 30 heavy (non-hydrogen) atoms.